The van der Waals surface area contributed by atoms with Crippen LogP contribution >= 0.6 is 0 Å². The molecule has 33 heavy (non-hydrogen) atoms. The third kappa shape index (κ3) is 4.88. The SMILES string of the molecule is Cc1noc(NS(=O)(=O)c2ccc(NC(=O)N(c3ccccc3)c3ccccc3)cc2)c1C. The number of nitrogens with zero attached hydrogens (tertiary/aromatic N) is 2. The smallest absolute Gasteiger partial charge is 0.330 e. The summed E-state index contributed by atoms with van der Waals surface area (Å²) in [7, 11) is -3.88. The van der Waals surface area contributed by atoms with Crippen LogP contribution in [0.25, 0.3) is 0 Å². The Kier molecular flexibility index (Phi) is 6.14. The number of sulfonamides is 1. The molecule has 0 aliphatic rings. The fourth-order valence-corrected chi connectivity index (χ4v) is 4.17. The lowest BCUT2D eigenvalue weighted by Crippen LogP contribution is -2.30. The molecular formula is C24H22N4O4S. The van der Waals surface area contributed by atoms with Crippen LogP contribution < -0.4 is 14.9 Å². The standard InChI is InChI=1S/C24H22N4O4S/c1-17-18(2)26-32-23(17)27-33(30,31)22-15-13-19(14-16-22)25-24(29)28(20-9-5-3-6-10-20)21-11-7-4-8-12-21/h3-16,27H,1-2H3,(H,25,29). The Labute approximate surface area is 191 Å². The first-order valence-corrected chi connectivity index (χ1v) is 11.6. The van der Waals surface area contributed by atoms with E-state index >= 15 is 0 Å². The summed E-state index contributed by atoms with van der Waals surface area (Å²) in [6, 6.07) is 24.0. The number of hydrogen-bond donors (Lipinski definition) is 2. The van der Waals surface area contributed by atoms with E-state index in [4.69, 9.17) is 4.52 Å². The number of amides is 2. The van der Waals surface area contributed by atoms with Crippen LogP contribution in [-0.4, -0.2) is 19.6 Å². The van der Waals surface area contributed by atoms with E-state index in [1.165, 1.54) is 24.3 Å². The maximum Gasteiger partial charge on any atom is 0.330 e. The Morgan fingerprint density at radius 1 is 0.848 bits per heavy atom. The van der Waals surface area contributed by atoms with Crippen molar-refractivity contribution in [2.24, 2.45) is 0 Å². The summed E-state index contributed by atoms with van der Waals surface area (Å²) in [5.41, 5.74) is 3.06. The molecule has 1 heterocycles. The third-order valence-corrected chi connectivity index (χ3v) is 6.38. The van der Waals surface area contributed by atoms with Gasteiger partial charge in [-0.15, -0.1) is 0 Å². The molecule has 3 aromatic carbocycles. The van der Waals surface area contributed by atoms with Gasteiger partial charge in [-0.05, 0) is 62.4 Å². The summed E-state index contributed by atoms with van der Waals surface area (Å²) >= 11 is 0. The van der Waals surface area contributed by atoms with Gasteiger partial charge in [0.1, 0.15) is 0 Å². The number of anilines is 4. The molecule has 9 heteroatoms. The van der Waals surface area contributed by atoms with Gasteiger partial charge >= 0.3 is 6.03 Å². The second kappa shape index (κ2) is 9.17. The zero-order valence-electron chi connectivity index (χ0n) is 18.0. The van der Waals surface area contributed by atoms with Crippen LogP contribution in [0.3, 0.4) is 0 Å². The number of urea groups is 1. The molecule has 4 rings (SSSR count). The fourth-order valence-electron chi connectivity index (χ4n) is 3.13. The van der Waals surface area contributed by atoms with Crippen molar-refractivity contribution < 1.29 is 17.7 Å². The summed E-state index contributed by atoms with van der Waals surface area (Å²) in [5, 5.41) is 6.58. The lowest BCUT2D eigenvalue weighted by molar-refractivity contribution is 0.259. The molecule has 1 aromatic heterocycles. The van der Waals surface area contributed by atoms with Gasteiger partial charge in [-0.25, -0.2) is 17.9 Å². The molecule has 0 bridgehead atoms. The maximum absolute atomic E-state index is 13.1. The Morgan fingerprint density at radius 2 is 1.39 bits per heavy atom. The first kappa shape index (κ1) is 22.1. The zero-order valence-corrected chi connectivity index (χ0v) is 18.8. The largest absolute Gasteiger partial charge is 0.337 e. The van der Waals surface area contributed by atoms with E-state index < -0.39 is 10.0 Å². The number of aromatic nitrogens is 1. The molecule has 4 aromatic rings. The summed E-state index contributed by atoms with van der Waals surface area (Å²) in [5.74, 6) is 0.0752. The highest BCUT2D eigenvalue weighted by Gasteiger charge is 2.21. The molecule has 2 N–H and O–H groups in total. The summed E-state index contributed by atoms with van der Waals surface area (Å²) in [6.07, 6.45) is 0. The molecular weight excluding hydrogens is 440 g/mol. The predicted octanol–water partition coefficient (Wildman–Crippen LogP) is 5.46. The van der Waals surface area contributed by atoms with Gasteiger partial charge in [-0.3, -0.25) is 4.90 Å². The van der Waals surface area contributed by atoms with Gasteiger partial charge in [0, 0.05) is 11.3 Å². The molecule has 0 spiro atoms. The normalized spacial score (nSPS) is 11.1. The monoisotopic (exact) mass is 462 g/mol. The average Bonchev–Trinajstić information content (AvgIpc) is 3.13. The summed E-state index contributed by atoms with van der Waals surface area (Å²) in [4.78, 5) is 14.7. The van der Waals surface area contributed by atoms with Crippen molar-refractivity contribution in [3.05, 3.63) is 96.2 Å². The van der Waals surface area contributed by atoms with E-state index in [-0.39, 0.29) is 16.8 Å². The van der Waals surface area contributed by atoms with Gasteiger partial charge in [-0.2, -0.15) is 0 Å². The van der Waals surface area contributed by atoms with Gasteiger partial charge in [-0.1, -0.05) is 41.6 Å². The highest BCUT2D eigenvalue weighted by Crippen LogP contribution is 2.27. The van der Waals surface area contributed by atoms with Crippen LogP contribution in [0.2, 0.25) is 0 Å². The molecule has 8 nitrogen and oxygen atoms in total. The minimum atomic E-state index is -3.88. The first-order chi connectivity index (χ1) is 15.8. The van der Waals surface area contributed by atoms with Gasteiger partial charge in [0.05, 0.1) is 22.0 Å². The average molecular weight is 463 g/mol. The van der Waals surface area contributed by atoms with E-state index in [2.05, 4.69) is 15.2 Å². The second-order valence-corrected chi connectivity index (χ2v) is 8.97. The minimum absolute atomic E-state index is 0.0249. The number of benzene rings is 3. The van der Waals surface area contributed by atoms with Gasteiger partial charge in [0.25, 0.3) is 10.0 Å². The second-order valence-electron chi connectivity index (χ2n) is 7.29. The Morgan fingerprint density at radius 3 is 1.88 bits per heavy atom. The fraction of sp³-hybridized carbons (Fsp3) is 0.0833. The van der Waals surface area contributed by atoms with Crippen LogP contribution in [0.15, 0.2) is 94.3 Å². The number of para-hydroxylation sites is 2. The molecule has 168 valence electrons. The van der Waals surface area contributed by atoms with Crippen LogP contribution in [0.5, 0.6) is 0 Å². The van der Waals surface area contributed by atoms with Crippen LogP contribution in [-0.2, 0) is 10.0 Å². The van der Waals surface area contributed by atoms with Gasteiger partial charge in [0.2, 0.25) is 5.88 Å². The predicted molar refractivity (Wildman–Crippen MR) is 127 cm³/mol. The van der Waals surface area contributed by atoms with Crippen molar-refractivity contribution in [3.8, 4) is 0 Å². The Hall–Kier alpha value is -4.11. The van der Waals surface area contributed by atoms with E-state index in [1.54, 1.807) is 18.7 Å². The number of rotatable bonds is 6. The molecule has 0 aliphatic carbocycles. The molecule has 0 saturated carbocycles. The highest BCUT2D eigenvalue weighted by atomic mass is 32.2. The minimum Gasteiger partial charge on any atom is -0.337 e. The molecule has 0 radical (unpaired) electrons. The zero-order chi connectivity index (χ0) is 23.4. The number of carbonyl (C=O) groups excluding carboxylic acids is 1. The van der Waals surface area contributed by atoms with E-state index in [0.29, 0.717) is 28.3 Å². The summed E-state index contributed by atoms with van der Waals surface area (Å²) < 4.78 is 32.8. The van der Waals surface area contributed by atoms with Gasteiger partial charge < -0.3 is 9.84 Å². The van der Waals surface area contributed by atoms with Crippen molar-refractivity contribution in [1.82, 2.24) is 5.16 Å². The number of aryl methyl sites for hydroxylation is 1. The lowest BCUT2D eigenvalue weighted by Gasteiger charge is -2.23. The van der Waals surface area contributed by atoms with Crippen molar-refractivity contribution in [3.63, 3.8) is 0 Å². The van der Waals surface area contributed by atoms with Crippen LogP contribution in [0.4, 0.5) is 27.7 Å². The molecule has 2 amide bonds. The third-order valence-electron chi connectivity index (χ3n) is 5.03. The Balaban J connectivity index is 1.54. The van der Waals surface area contributed by atoms with E-state index in [0.717, 1.165) is 0 Å². The van der Waals surface area contributed by atoms with Crippen LogP contribution in [0.1, 0.15) is 11.3 Å². The van der Waals surface area contributed by atoms with Crippen molar-refractivity contribution in [2.75, 3.05) is 14.9 Å². The van der Waals surface area contributed by atoms with E-state index in [9.17, 15) is 13.2 Å². The van der Waals surface area contributed by atoms with E-state index in [1.807, 2.05) is 60.7 Å². The lowest BCUT2D eigenvalue weighted by atomic mass is 10.2. The Bertz CT molecular complexity index is 1310. The number of nitrogens with one attached hydrogen (secondary N) is 2. The molecule has 0 fully saturated rings. The highest BCUT2D eigenvalue weighted by molar-refractivity contribution is 7.92. The molecule has 0 atom stereocenters. The number of hydrogen-bond acceptors (Lipinski definition) is 5. The summed E-state index contributed by atoms with van der Waals surface area (Å²) in [6.45, 7) is 3.44. The first-order valence-electron chi connectivity index (χ1n) is 10.1. The van der Waals surface area contributed by atoms with Gasteiger partial charge in [0.15, 0.2) is 0 Å². The molecule has 0 unspecified atom stereocenters. The quantitative estimate of drug-likeness (QED) is 0.396. The van der Waals surface area contributed by atoms with Crippen molar-refractivity contribution >= 4 is 39.0 Å². The maximum atomic E-state index is 13.1. The van der Waals surface area contributed by atoms with Crippen molar-refractivity contribution in [2.45, 2.75) is 18.7 Å². The topological polar surface area (TPSA) is 105 Å². The van der Waals surface area contributed by atoms with Crippen LogP contribution in [0, 0.1) is 13.8 Å². The number of carbonyl (C=O) groups is 1. The molecule has 0 saturated heterocycles. The van der Waals surface area contributed by atoms with Crippen molar-refractivity contribution in [1.29, 1.82) is 0 Å². The molecule has 0 aliphatic heterocycles.